The number of likely N-dealkylation sites (tertiary alicyclic amines) is 2. The highest BCUT2D eigenvalue weighted by Crippen LogP contribution is 2.32. The van der Waals surface area contributed by atoms with Gasteiger partial charge in [0.15, 0.2) is 34.9 Å². The highest BCUT2D eigenvalue weighted by molar-refractivity contribution is 6.31. The summed E-state index contributed by atoms with van der Waals surface area (Å²) in [5.74, 6) is 0.884. The Morgan fingerprint density at radius 3 is 1.63 bits per heavy atom. The van der Waals surface area contributed by atoms with Crippen molar-refractivity contribution in [1.82, 2.24) is 49.7 Å². The average Bonchev–Trinajstić information content (AvgIpc) is 4.13. The van der Waals surface area contributed by atoms with Crippen molar-refractivity contribution in [1.29, 1.82) is 0 Å². The molecule has 6 aromatic heterocycles. The Hall–Kier alpha value is -6.33. The summed E-state index contributed by atoms with van der Waals surface area (Å²) in [6.07, 6.45) is 18.4. The molecule has 0 bridgehead atoms. The maximum Gasteiger partial charge on any atom is 0.226 e. The fourth-order valence-electron chi connectivity index (χ4n) is 9.45. The number of rotatable bonds is 12. The van der Waals surface area contributed by atoms with Gasteiger partial charge in [-0.05, 0) is 86.1 Å². The van der Waals surface area contributed by atoms with E-state index in [2.05, 4.69) is 50.5 Å². The number of carbonyl (C=O) groups excluding carboxylic acids is 2. The summed E-state index contributed by atoms with van der Waals surface area (Å²) in [6.45, 7) is 3.81. The topological polar surface area (TPSA) is 174 Å². The van der Waals surface area contributed by atoms with Crippen LogP contribution in [-0.4, -0.2) is 101 Å². The van der Waals surface area contributed by atoms with E-state index in [1.165, 1.54) is 44.0 Å². The smallest absolute Gasteiger partial charge is 0.226 e. The van der Waals surface area contributed by atoms with Gasteiger partial charge in [0.2, 0.25) is 11.8 Å². The second-order valence-electron chi connectivity index (χ2n) is 17.9. The van der Waals surface area contributed by atoms with Gasteiger partial charge in [0.25, 0.3) is 0 Å². The van der Waals surface area contributed by atoms with Crippen LogP contribution in [0.25, 0.3) is 44.8 Å². The maximum atomic E-state index is 14.5. The van der Waals surface area contributed by atoms with E-state index >= 15 is 0 Å². The van der Waals surface area contributed by atoms with Crippen LogP contribution < -0.4 is 10.6 Å². The Morgan fingerprint density at radius 1 is 0.632 bits per heavy atom. The Morgan fingerprint density at radius 2 is 1.12 bits per heavy atom. The molecule has 7 aromatic rings. The molecule has 2 saturated heterocycles. The van der Waals surface area contributed by atoms with Crippen LogP contribution in [0, 0.1) is 35.2 Å². The molecule has 2 aliphatic heterocycles. The van der Waals surface area contributed by atoms with Crippen LogP contribution in [-0.2, 0) is 16.0 Å². The molecule has 8 heterocycles. The fourth-order valence-corrected chi connectivity index (χ4v) is 9.76. The van der Waals surface area contributed by atoms with Crippen LogP contribution in [0.1, 0.15) is 63.4 Å². The first-order valence-corrected chi connectivity index (χ1v) is 23.9. The van der Waals surface area contributed by atoms with Crippen molar-refractivity contribution in [2.45, 2.75) is 64.2 Å². The Balaban J connectivity index is 0.000000170. The zero-order valence-electron chi connectivity index (χ0n) is 37.3. The number of aromatic amines is 2. The van der Waals surface area contributed by atoms with E-state index in [9.17, 15) is 22.8 Å². The summed E-state index contributed by atoms with van der Waals surface area (Å²) in [5, 5.41) is 8.78. The summed E-state index contributed by atoms with van der Waals surface area (Å²) < 4.78 is 42.1. The van der Waals surface area contributed by atoms with Gasteiger partial charge in [0.1, 0.15) is 17.1 Å². The van der Waals surface area contributed by atoms with Gasteiger partial charge in [0, 0.05) is 92.4 Å². The van der Waals surface area contributed by atoms with Gasteiger partial charge in [-0.25, -0.2) is 43.1 Å². The number of hydrogen-bond acceptors (Lipinski definition) is 10. The third kappa shape index (κ3) is 11.3. The number of anilines is 2. The largest absolute Gasteiger partial charge is 0.367 e. The molecule has 354 valence electrons. The Kier molecular flexibility index (Phi) is 14.7. The Bertz CT molecular complexity index is 2890. The lowest BCUT2D eigenvalue weighted by Gasteiger charge is -2.33. The normalized spacial score (nSPS) is 17.6. The molecule has 0 radical (unpaired) electrons. The molecule has 1 aliphatic carbocycles. The number of amides is 2. The summed E-state index contributed by atoms with van der Waals surface area (Å²) >= 11 is 12.2. The van der Waals surface area contributed by atoms with Crippen LogP contribution in [0.4, 0.5) is 24.8 Å². The molecule has 2 unspecified atom stereocenters. The summed E-state index contributed by atoms with van der Waals surface area (Å²) in [6, 6.07) is 9.52. The van der Waals surface area contributed by atoms with Gasteiger partial charge in [-0.1, -0.05) is 48.2 Å². The van der Waals surface area contributed by atoms with E-state index < -0.39 is 11.6 Å². The molecule has 19 heteroatoms. The van der Waals surface area contributed by atoms with E-state index in [1.807, 2.05) is 9.80 Å². The number of nitrogens with zero attached hydrogens (tertiary/aromatic N) is 8. The van der Waals surface area contributed by atoms with E-state index in [0.717, 1.165) is 54.8 Å². The second kappa shape index (κ2) is 21.3. The first-order chi connectivity index (χ1) is 33.0. The molecule has 68 heavy (non-hydrogen) atoms. The number of carbonyl (C=O) groups is 2. The average molecular weight is 968 g/mol. The lowest BCUT2D eigenvalue weighted by molar-refractivity contribution is -0.134. The lowest BCUT2D eigenvalue weighted by Crippen LogP contribution is -2.42. The number of piperidine rings is 2. The predicted octanol–water partition coefficient (Wildman–Crippen LogP) is 9.89. The van der Waals surface area contributed by atoms with Crippen LogP contribution in [0.5, 0.6) is 0 Å². The predicted molar refractivity (Wildman–Crippen MR) is 256 cm³/mol. The van der Waals surface area contributed by atoms with Crippen LogP contribution in [0.3, 0.4) is 0 Å². The molecule has 2 amide bonds. The lowest BCUT2D eigenvalue weighted by atomic mass is 9.96. The number of pyridine rings is 2. The molecular weight excluding hydrogens is 917 g/mol. The summed E-state index contributed by atoms with van der Waals surface area (Å²) in [4.78, 5) is 61.1. The van der Waals surface area contributed by atoms with Gasteiger partial charge >= 0.3 is 0 Å². The fraction of sp³-hybridized carbons (Fsp3) is 0.388. The van der Waals surface area contributed by atoms with Crippen molar-refractivity contribution in [3.05, 3.63) is 107 Å². The minimum Gasteiger partial charge on any atom is -0.367 e. The number of benzene rings is 1. The van der Waals surface area contributed by atoms with Crippen molar-refractivity contribution in [3.8, 4) is 22.8 Å². The van der Waals surface area contributed by atoms with Gasteiger partial charge in [0.05, 0.1) is 28.9 Å². The SMILES string of the molecule is O=C(CC1CCCC1)N1CCCC(CNc2nc(-c3c[nH]c4ncc(Cl)cc34)ncc2F)C1.O=C(Cc1ccc(F)cc1)N1CCCC(CNc2nc(-c3c[nH]c4ncc(Cl)cc34)ncc2F)C1. The van der Waals surface area contributed by atoms with E-state index in [4.69, 9.17) is 23.2 Å². The van der Waals surface area contributed by atoms with Crippen LogP contribution in [0.15, 0.2) is 73.6 Å². The zero-order valence-corrected chi connectivity index (χ0v) is 38.8. The van der Waals surface area contributed by atoms with Gasteiger partial charge in [-0.15, -0.1) is 0 Å². The molecule has 10 rings (SSSR count). The monoisotopic (exact) mass is 966 g/mol. The molecule has 4 N–H and O–H groups in total. The maximum absolute atomic E-state index is 14.5. The van der Waals surface area contributed by atoms with E-state index in [0.29, 0.717) is 89.2 Å². The Labute approximate surface area is 400 Å². The molecular formula is C49H51Cl2F3N12O2. The van der Waals surface area contributed by atoms with E-state index in [-0.39, 0.29) is 47.5 Å². The third-order valence-electron chi connectivity index (χ3n) is 13.0. The van der Waals surface area contributed by atoms with Crippen molar-refractivity contribution in [2.75, 3.05) is 49.9 Å². The standard InChI is InChI=1S/C25H23ClF2N6O.C24H28ClFN6O/c26-17-9-19-20(12-31-23(19)30-11-17)24-32-13-21(28)25(33-24)29-10-16-2-1-7-34(14-16)22(35)8-15-3-5-18(27)6-4-15;25-17-9-18-19(12-29-22(18)28-11-17)23-30-13-20(26)24(31-23)27-10-16-6-3-7-32(14-16)21(33)8-15-4-1-2-5-15/h3-6,9,11-13,16H,1-2,7-8,10,14H2,(H,30,31)(H,29,32,33);9,11-13,15-16H,1-8,10,14H2,(H,28,29)(H,27,30,31). The third-order valence-corrected chi connectivity index (χ3v) is 13.4. The summed E-state index contributed by atoms with van der Waals surface area (Å²) in [5.41, 5.74) is 3.47. The molecule has 14 nitrogen and oxygen atoms in total. The van der Waals surface area contributed by atoms with Crippen LogP contribution in [0.2, 0.25) is 10.0 Å². The van der Waals surface area contributed by atoms with Crippen molar-refractivity contribution < 1.29 is 22.8 Å². The van der Waals surface area contributed by atoms with Gasteiger partial charge in [-0.2, -0.15) is 0 Å². The first kappa shape index (κ1) is 46.8. The highest BCUT2D eigenvalue weighted by atomic mass is 35.5. The molecule has 0 spiro atoms. The van der Waals surface area contributed by atoms with E-state index in [1.54, 1.807) is 49.1 Å². The number of aromatic nitrogens is 8. The number of hydrogen-bond donors (Lipinski definition) is 4. The quantitative estimate of drug-likeness (QED) is 0.0923. The highest BCUT2D eigenvalue weighted by Gasteiger charge is 2.28. The number of nitrogens with one attached hydrogen (secondary N) is 4. The molecule has 1 saturated carbocycles. The number of fused-ring (bicyclic) bond motifs is 2. The number of halogens is 5. The number of H-pyrrole nitrogens is 2. The van der Waals surface area contributed by atoms with Gasteiger partial charge < -0.3 is 30.4 Å². The molecule has 3 fully saturated rings. The van der Waals surface area contributed by atoms with Gasteiger partial charge in [-0.3, -0.25) is 9.59 Å². The van der Waals surface area contributed by atoms with Crippen molar-refractivity contribution in [3.63, 3.8) is 0 Å². The molecule has 2 atom stereocenters. The summed E-state index contributed by atoms with van der Waals surface area (Å²) in [7, 11) is 0. The minimum atomic E-state index is -0.551. The van der Waals surface area contributed by atoms with Crippen molar-refractivity contribution >= 4 is 68.7 Å². The van der Waals surface area contributed by atoms with Crippen LogP contribution >= 0.6 is 23.2 Å². The molecule has 1 aromatic carbocycles. The first-order valence-electron chi connectivity index (χ1n) is 23.1. The minimum absolute atomic E-state index is 0.00316. The zero-order chi connectivity index (χ0) is 47.1. The second-order valence-corrected chi connectivity index (χ2v) is 18.8. The molecule has 3 aliphatic rings. The van der Waals surface area contributed by atoms with Crippen molar-refractivity contribution in [2.24, 2.45) is 17.8 Å².